The zero-order valence-corrected chi connectivity index (χ0v) is 12.4. The number of hydrogen-bond donors (Lipinski definition) is 3. The molecule has 5 N–H and O–H groups in total. The molecule has 0 aliphatic heterocycles. The van der Waals surface area contributed by atoms with E-state index in [9.17, 15) is 4.39 Å². The zero-order valence-electron chi connectivity index (χ0n) is 10.0. The molecule has 0 heterocycles. The molecule has 102 valence electrons. The lowest BCUT2D eigenvalue weighted by Crippen LogP contribution is -2.03. The average molecular weight is 356 g/mol. The predicted octanol–water partition coefficient (Wildman–Crippen LogP) is 4.02. The van der Waals surface area contributed by atoms with Gasteiger partial charge in [-0.3, -0.25) is 0 Å². The summed E-state index contributed by atoms with van der Waals surface area (Å²) in [6, 6.07) is 8.22. The van der Waals surface area contributed by atoms with Crippen molar-refractivity contribution in [3.63, 3.8) is 0 Å². The van der Waals surface area contributed by atoms with Gasteiger partial charge in [0.15, 0.2) is 5.82 Å². The van der Waals surface area contributed by atoms with Crippen LogP contribution in [0.15, 0.2) is 28.7 Å². The molecule has 0 spiro atoms. The molecule has 0 bridgehead atoms. The van der Waals surface area contributed by atoms with Gasteiger partial charge < -0.3 is 16.8 Å². The third kappa shape index (κ3) is 2.64. The second kappa shape index (κ2) is 5.57. The molecule has 0 saturated heterocycles. The normalized spacial score (nSPS) is 10.1. The van der Waals surface area contributed by atoms with E-state index < -0.39 is 5.82 Å². The van der Waals surface area contributed by atoms with Crippen LogP contribution in [-0.4, -0.2) is 0 Å². The van der Waals surface area contributed by atoms with E-state index >= 15 is 0 Å². The number of nitriles is 1. The Morgan fingerprint density at radius 1 is 1.25 bits per heavy atom. The van der Waals surface area contributed by atoms with Gasteiger partial charge in [-0.1, -0.05) is 11.6 Å². The molecule has 0 fully saturated rings. The summed E-state index contributed by atoms with van der Waals surface area (Å²) < 4.78 is 14.7. The monoisotopic (exact) mass is 354 g/mol. The number of nitrogens with two attached hydrogens (primary N) is 2. The summed E-state index contributed by atoms with van der Waals surface area (Å²) in [6.07, 6.45) is 0. The minimum absolute atomic E-state index is 0.0367. The number of hydrogen-bond acceptors (Lipinski definition) is 4. The Morgan fingerprint density at radius 2 is 1.95 bits per heavy atom. The quantitative estimate of drug-likeness (QED) is 0.710. The Labute approximate surface area is 128 Å². The minimum atomic E-state index is -0.722. The highest BCUT2D eigenvalue weighted by Crippen LogP contribution is 2.37. The maximum atomic E-state index is 14.1. The van der Waals surface area contributed by atoms with Crippen LogP contribution < -0.4 is 16.8 Å². The van der Waals surface area contributed by atoms with Crippen molar-refractivity contribution in [2.45, 2.75) is 0 Å². The Kier molecular flexibility index (Phi) is 4.02. The molecule has 2 rings (SSSR count). The van der Waals surface area contributed by atoms with Crippen LogP contribution in [0.1, 0.15) is 5.56 Å². The lowest BCUT2D eigenvalue weighted by atomic mass is 10.2. The van der Waals surface area contributed by atoms with E-state index in [-0.39, 0.29) is 22.1 Å². The highest BCUT2D eigenvalue weighted by Gasteiger charge is 2.15. The van der Waals surface area contributed by atoms with Crippen molar-refractivity contribution in [2.75, 3.05) is 16.8 Å². The van der Waals surface area contributed by atoms with E-state index in [4.69, 9.17) is 28.3 Å². The van der Waals surface area contributed by atoms with E-state index in [1.165, 1.54) is 6.07 Å². The first-order valence-corrected chi connectivity index (χ1v) is 6.60. The average Bonchev–Trinajstić information content (AvgIpc) is 2.42. The fraction of sp³-hybridized carbons (Fsp3) is 0. The molecule has 0 unspecified atom stereocenters. The van der Waals surface area contributed by atoms with Crippen molar-refractivity contribution in [3.05, 3.63) is 45.1 Å². The fourth-order valence-electron chi connectivity index (χ4n) is 1.61. The standard InChI is InChI=1S/C13H9BrClFN4/c14-7-3-6(5-17)1-2-10(7)20-13-9(19)4-8(18)11(15)12(13)16/h1-4,20H,18-19H2. The number of halogens is 3. The molecule has 2 aromatic rings. The van der Waals surface area contributed by atoms with E-state index in [1.54, 1.807) is 18.2 Å². The highest BCUT2D eigenvalue weighted by atomic mass is 79.9. The number of rotatable bonds is 2. The van der Waals surface area contributed by atoms with Crippen molar-refractivity contribution in [1.29, 1.82) is 5.26 Å². The van der Waals surface area contributed by atoms with Gasteiger partial charge in [-0.05, 0) is 40.2 Å². The van der Waals surface area contributed by atoms with Crippen LogP contribution in [0.3, 0.4) is 0 Å². The second-order valence-electron chi connectivity index (χ2n) is 3.99. The Hall–Kier alpha value is -1.97. The third-order valence-electron chi connectivity index (χ3n) is 2.62. The Balaban J connectivity index is 2.46. The number of anilines is 4. The largest absolute Gasteiger partial charge is 0.397 e. The molecule has 7 heteroatoms. The summed E-state index contributed by atoms with van der Waals surface area (Å²) in [7, 11) is 0. The molecule has 0 aliphatic carbocycles. The highest BCUT2D eigenvalue weighted by molar-refractivity contribution is 9.10. The topological polar surface area (TPSA) is 87.9 Å². The molecule has 0 aliphatic rings. The van der Waals surface area contributed by atoms with Crippen LogP contribution in [0.25, 0.3) is 0 Å². The number of nitrogen functional groups attached to an aromatic ring is 2. The number of benzene rings is 2. The lowest BCUT2D eigenvalue weighted by molar-refractivity contribution is 0.633. The lowest BCUT2D eigenvalue weighted by Gasteiger charge is -2.14. The van der Waals surface area contributed by atoms with Crippen molar-refractivity contribution in [1.82, 2.24) is 0 Å². The van der Waals surface area contributed by atoms with Crippen LogP contribution in [0.5, 0.6) is 0 Å². The van der Waals surface area contributed by atoms with Gasteiger partial charge in [-0.2, -0.15) is 5.26 Å². The first-order valence-electron chi connectivity index (χ1n) is 5.43. The van der Waals surface area contributed by atoms with Gasteiger partial charge in [-0.15, -0.1) is 0 Å². The molecular weight excluding hydrogens is 347 g/mol. The van der Waals surface area contributed by atoms with Crippen molar-refractivity contribution < 1.29 is 4.39 Å². The molecule has 2 aromatic carbocycles. The SMILES string of the molecule is N#Cc1ccc(Nc2c(N)cc(N)c(Cl)c2F)c(Br)c1. The fourth-order valence-corrected chi connectivity index (χ4v) is 2.24. The van der Waals surface area contributed by atoms with E-state index in [2.05, 4.69) is 21.2 Å². The first-order chi connectivity index (χ1) is 9.43. The van der Waals surface area contributed by atoms with Crippen molar-refractivity contribution in [3.8, 4) is 6.07 Å². The smallest absolute Gasteiger partial charge is 0.169 e. The van der Waals surface area contributed by atoms with E-state index in [0.717, 1.165) is 0 Å². The molecule has 4 nitrogen and oxygen atoms in total. The summed E-state index contributed by atoms with van der Waals surface area (Å²) in [4.78, 5) is 0. The summed E-state index contributed by atoms with van der Waals surface area (Å²) in [5, 5.41) is 11.4. The number of nitrogens with zero attached hydrogens (tertiary/aromatic N) is 1. The molecular formula is C13H9BrClFN4. The van der Waals surface area contributed by atoms with Gasteiger partial charge >= 0.3 is 0 Å². The van der Waals surface area contributed by atoms with Gasteiger partial charge in [0, 0.05) is 4.47 Å². The van der Waals surface area contributed by atoms with Crippen molar-refractivity contribution >= 4 is 50.3 Å². The van der Waals surface area contributed by atoms with Gasteiger partial charge in [0.25, 0.3) is 0 Å². The third-order valence-corrected chi connectivity index (χ3v) is 3.66. The Morgan fingerprint density at radius 3 is 2.55 bits per heavy atom. The predicted molar refractivity (Wildman–Crippen MR) is 82.4 cm³/mol. The van der Waals surface area contributed by atoms with Crippen LogP contribution in [0.4, 0.5) is 27.1 Å². The summed E-state index contributed by atoms with van der Waals surface area (Å²) in [5.74, 6) is -0.722. The summed E-state index contributed by atoms with van der Waals surface area (Å²) in [6.45, 7) is 0. The van der Waals surface area contributed by atoms with Crippen LogP contribution >= 0.6 is 27.5 Å². The number of nitrogens with one attached hydrogen (secondary N) is 1. The Bertz CT molecular complexity index is 727. The molecule has 0 saturated carbocycles. The molecule has 0 aromatic heterocycles. The van der Waals surface area contributed by atoms with Gasteiger partial charge in [0.2, 0.25) is 0 Å². The molecule has 0 atom stereocenters. The summed E-state index contributed by atoms with van der Waals surface area (Å²) in [5.41, 5.74) is 12.5. The van der Waals surface area contributed by atoms with E-state index in [1.807, 2.05) is 6.07 Å². The van der Waals surface area contributed by atoms with E-state index in [0.29, 0.717) is 15.7 Å². The van der Waals surface area contributed by atoms with Gasteiger partial charge in [0.05, 0.1) is 34.4 Å². The van der Waals surface area contributed by atoms with Crippen LogP contribution in [0, 0.1) is 17.1 Å². The van der Waals surface area contributed by atoms with Crippen LogP contribution in [-0.2, 0) is 0 Å². The second-order valence-corrected chi connectivity index (χ2v) is 5.22. The van der Waals surface area contributed by atoms with Crippen LogP contribution in [0.2, 0.25) is 5.02 Å². The minimum Gasteiger partial charge on any atom is -0.397 e. The zero-order chi connectivity index (χ0) is 14.9. The van der Waals surface area contributed by atoms with Gasteiger partial charge in [0.1, 0.15) is 5.02 Å². The molecule has 20 heavy (non-hydrogen) atoms. The summed E-state index contributed by atoms with van der Waals surface area (Å²) >= 11 is 9.05. The molecule has 0 amide bonds. The maximum absolute atomic E-state index is 14.1. The van der Waals surface area contributed by atoms with Gasteiger partial charge in [-0.25, -0.2) is 4.39 Å². The maximum Gasteiger partial charge on any atom is 0.169 e. The first kappa shape index (κ1) is 14.4. The van der Waals surface area contributed by atoms with Crippen molar-refractivity contribution in [2.24, 2.45) is 0 Å². The molecule has 0 radical (unpaired) electrons.